The quantitative estimate of drug-likeness (QED) is 0.665. The number of carbonyl (C=O) groups excluding carboxylic acids is 2. The Kier molecular flexibility index (Phi) is 5.12. The third kappa shape index (κ3) is 3.77. The molecule has 0 radical (unpaired) electrons. The Morgan fingerprint density at radius 1 is 1.21 bits per heavy atom. The summed E-state index contributed by atoms with van der Waals surface area (Å²) in [6.07, 6.45) is 5.46. The van der Waals surface area contributed by atoms with E-state index in [0.717, 1.165) is 12.0 Å². The van der Waals surface area contributed by atoms with Crippen LogP contribution in [0.1, 0.15) is 32.1 Å². The number of rotatable bonds is 4. The van der Waals surface area contributed by atoms with Crippen molar-refractivity contribution in [1.82, 2.24) is 4.90 Å². The zero-order valence-electron chi connectivity index (χ0n) is 15.5. The van der Waals surface area contributed by atoms with E-state index in [1.165, 1.54) is 16.5 Å². The number of benzene rings is 1. The second-order valence-corrected chi connectivity index (χ2v) is 7.66. The van der Waals surface area contributed by atoms with E-state index in [-0.39, 0.29) is 11.8 Å². The van der Waals surface area contributed by atoms with Gasteiger partial charge in [-0.3, -0.25) is 9.59 Å². The van der Waals surface area contributed by atoms with Crippen LogP contribution in [0.3, 0.4) is 0 Å². The molecule has 3 heterocycles. The minimum atomic E-state index is -0.273. The highest BCUT2D eigenvalue weighted by molar-refractivity contribution is 7.10. The van der Waals surface area contributed by atoms with Gasteiger partial charge in [0.15, 0.2) is 0 Å². The molecular formula is C22H20N2O3S. The molecule has 0 spiro atoms. The van der Waals surface area contributed by atoms with Gasteiger partial charge in [0.2, 0.25) is 5.91 Å². The zero-order chi connectivity index (χ0) is 19.5. The lowest BCUT2D eigenvalue weighted by molar-refractivity contribution is -0.111. The summed E-state index contributed by atoms with van der Waals surface area (Å²) in [6.45, 7) is 3.22. The van der Waals surface area contributed by atoms with Gasteiger partial charge < -0.3 is 14.6 Å². The van der Waals surface area contributed by atoms with E-state index in [9.17, 15) is 9.59 Å². The Morgan fingerprint density at radius 3 is 2.93 bits per heavy atom. The van der Waals surface area contributed by atoms with E-state index in [0.29, 0.717) is 30.1 Å². The molecule has 28 heavy (non-hydrogen) atoms. The molecule has 0 atom stereocenters. The van der Waals surface area contributed by atoms with E-state index in [1.54, 1.807) is 47.9 Å². The largest absolute Gasteiger partial charge is 0.465 e. The zero-order valence-corrected chi connectivity index (χ0v) is 16.3. The van der Waals surface area contributed by atoms with Gasteiger partial charge in [-0.2, -0.15) is 0 Å². The van der Waals surface area contributed by atoms with E-state index in [4.69, 9.17) is 4.42 Å². The predicted octanol–water partition coefficient (Wildman–Crippen LogP) is 4.50. The van der Waals surface area contributed by atoms with Crippen molar-refractivity contribution in [2.75, 3.05) is 11.9 Å². The van der Waals surface area contributed by atoms with Crippen molar-refractivity contribution in [2.45, 2.75) is 19.9 Å². The van der Waals surface area contributed by atoms with Crippen molar-refractivity contribution in [3.63, 3.8) is 0 Å². The summed E-state index contributed by atoms with van der Waals surface area (Å²) in [6, 6.07) is 11.0. The maximum Gasteiger partial charge on any atom is 0.254 e. The lowest BCUT2D eigenvalue weighted by Gasteiger charge is -2.28. The van der Waals surface area contributed by atoms with E-state index in [2.05, 4.69) is 16.8 Å². The highest BCUT2D eigenvalue weighted by Gasteiger charge is 2.24. The van der Waals surface area contributed by atoms with Gasteiger partial charge in [-0.25, -0.2) is 0 Å². The number of furan rings is 1. The van der Waals surface area contributed by atoms with Crippen molar-refractivity contribution in [2.24, 2.45) is 0 Å². The van der Waals surface area contributed by atoms with Crippen molar-refractivity contribution in [1.29, 1.82) is 0 Å². The fraction of sp³-hybridized carbons (Fsp3) is 0.182. The summed E-state index contributed by atoms with van der Waals surface area (Å²) in [5, 5.41) is 4.93. The second kappa shape index (κ2) is 7.86. The van der Waals surface area contributed by atoms with Crippen molar-refractivity contribution < 1.29 is 14.0 Å². The van der Waals surface area contributed by atoms with Gasteiger partial charge in [0.05, 0.1) is 6.26 Å². The van der Waals surface area contributed by atoms with E-state index < -0.39 is 0 Å². The smallest absolute Gasteiger partial charge is 0.254 e. The van der Waals surface area contributed by atoms with Gasteiger partial charge in [-0.15, -0.1) is 11.3 Å². The van der Waals surface area contributed by atoms with Crippen LogP contribution in [0.2, 0.25) is 0 Å². The minimum Gasteiger partial charge on any atom is -0.465 e. The molecule has 0 saturated heterocycles. The average Bonchev–Trinajstić information content (AvgIpc) is 3.38. The van der Waals surface area contributed by atoms with Gasteiger partial charge >= 0.3 is 0 Å². The van der Waals surface area contributed by atoms with Crippen molar-refractivity contribution >= 4 is 34.9 Å². The Bertz CT molecular complexity index is 1030. The first kappa shape index (κ1) is 18.3. The number of thiophene rings is 1. The highest BCUT2D eigenvalue weighted by atomic mass is 32.1. The van der Waals surface area contributed by atoms with Crippen molar-refractivity contribution in [3.8, 4) is 0 Å². The number of anilines is 1. The number of hydrogen-bond acceptors (Lipinski definition) is 4. The maximum atomic E-state index is 13.1. The molecule has 4 rings (SSSR count). The normalized spacial score (nSPS) is 13.5. The van der Waals surface area contributed by atoms with Gasteiger partial charge in [0.1, 0.15) is 5.76 Å². The van der Waals surface area contributed by atoms with Crippen LogP contribution in [-0.2, 0) is 17.8 Å². The first-order valence-corrected chi connectivity index (χ1v) is 9.96. The third-order valence-corrected chi connectivity index (χ3v) is 5.88. The average molecular weight is 392 g/mol. The Labute approximate surface area is 167 Å². The molecule has 142 valence electrons. The number of fused-ring (bicyclic) bond motifs is 1. The Hall–Kier alpha value is -3.12. The Balaban J connectivity index is 1.49. The van der Waals surface area contributed by atoms with Gasteiger partial charge in [-0.1, -0.05) is 6.07 Å². The standard InChI is InChI=1S/C22H20N2O3S/c1-15-18(22(26)24-11-9-20-16(14-24)10-13-28-20)5-2-6-19(15)23-21(25)8-7-17-4-3-12-27-17/h2-8,10,12-13H,9,11,14H2,1H3,(H,23,25). The van der Waals surface area contributed by atoms with E-state index >= 15 is 0 Å². The molecule has 1 N–H and O–H groups in total. The van der Waals surface area contributed by atoms with Crippen LogP contribution in [0.5, 0.6) is 0 Å². The van der Waals surface area contributed by atoms with Crippen LogP contribution in [0, 0.1) is 6.92 Å². The molecule has 5 nitrogen and oxygen atoms in total. The summed E-state index contributed by atoms with van der Waals surface area (Å²) in [5.41, 5.74) is 3.25. The van der Waals surface area contributed by atoms with Crippen LogP contribution < -0.4 is 5.32 Å². The predicted molar refractivity (Wildman–Crippen MR) is 110 cm³/mol. The molecule has 0 aliphatic carbocycles. The highest BCUT2D eigenvalue weighted by Crippen LogP contribution is 2.27. The van der Waals surface area contributed by atoms with Crippen LogP contribution in [0.25, 0.3) is 6.08 Å². The number of nitrogens with zero attached hydrogens (tertiary/aromatic N) is 1. The molecule has 0 saturated carbocycles. The molecule has 2 amide bonds. The molecule has 0 fully saturated rings. The summed E-state index contributed by atoms with van der Waals surface area (Å²) >= 11 is 1.75. The van der Waals surface area contributed by atoms with Crippen LogP contribution in [0.4, 0.5) is 5.69 Å². The minimum absolute atomic E-state index is 0.00317. The third-order valence-electron chi connectivity index (χ3n) is 4.86. The SMILES string of the molecule is Cc1c(NC(=O)C=Cc2ccco2)cccc1C(=O)N1CCc2sccc2C1. The molecule has 3 aromatic rings. The lowest BCUT2D eigenvalue weighted by Crippen LogP contribution is -2.35. The molecule has 1 aliphatic rings. The lowest BCUT2D eigenvalue weighted by atomic mass is 10.0. The number of nitrogens with one attached hydrogen (secondary N) is 1. The van der Waals surface area contributed by atoms with Crippen LogP contribution >= 0.6 is 11.3 Å². The first-order chi connectivity index (χ1) is 13.6. The second-order valence-electron chi connectivity index (χ2n) is 6.66. The maximum absolute atomic E-state index is 13.1. The molecule has 6 heteroatoms. The van der Waals surface area contributed by atoms with Gasteiger partial charge in [-0.05, 0) is 66.3 Å². The topological polar surface area (TPSA) is 62.6 Å². The van der Waals surface area contributed by atoms with Crippen LogP contribution in [0.15, 0.2) is 58.5 Å². The molecule has 1 aliphatic heterocycles. The molecular weight excluding hydrogens is 372 g/mol. The molecule has 2 aromatic heterocycles. The monoisotopic (exact) mass is 392 g/mol. The first-order valence-electron chi connectivity index (χ1n) is 9.08. The number of hydrogen-bond donors (Lipinski definition) is 1. The Morgan fingerprint density at radius 2 is 2.11 bits per heavy atom. The molecule has 0 unspecified atom stereocenters. The van der Waals surface area contributed by atoms with Crippen molar-refractivity contribution in [3.05, 3.63) is 81.4 Å². The van der Waals surface area contributed by atoms with Gasteiger partial charge in [0.25, 0.3) is 5.91 Å². The summed E-state index contributed by atoms with van der Waals surface area (Å²) < 4.78 is 5.18. The summed E-state index contributed by atoms with van der Waals surface area (Å²) in [4.78, 5) is 28.5. The van der Waals surface area contributed by atoms with Crippen LogP contribution in [-0.4, -0.2) is 23.3 Å². The van der Waals surface area contributed by atoms with Gasteiger partial charge in [0, 0.05) is 35.3 Å². The number of amides is 2. The fourth-order valence-corrected chi connectivity index (χ4v) is 4.20. The summed E-state index contributed by atoms with van der Waals surface area (Å²) in [7, 11) is 0. The molecule has 1 aromatic carbocycles. The fourth-order valence-electron chi connectivity index (χ4n) is 3.31. The molecule has 0 bridgehead atoms. The van der Waals surface area contributed by atoms with E-state index in [1.807, 2.05) is 17.9 Å². The summed E-state index contributed by atoms with van der Waals surface area (Å²) in [5.74, 6) is 0.329. The number of carbonyl (C=O) groups is 2.